The maximum atomic E-state index is 12.3. The van der Waals surface area contributed by atoms with Crippen molar-refractivity contribution < 1.29 is 4.79 Å². The van der Waals surface area contributed by atoms with Crippen LogP contribution in [0.3, 0.4) is 0 Å². The molecule has 2 aromatic rings. The lowest BCUT2D eigenvalue weighted by Crippen LogP contribution is -2.33. The lowest BCUT2D eigenvalue weighted by molar-refractivity contribution is 0.0949. The third-order valence-electron chi connectivity index (χ3n) is 3.08. The van der Waals surface area contributed by atoms with E-state index in [9.17, 15) is 9.59 Å². The molecule has 0 bridgehead atoms. The molecule has 0 aliphatic heterocycles. The van der Waals surface area contributed by atoms with E-state index >= 15 is 0 Å². The van der Waals surface area contributed by atoms with Gasteiger partial charge in [-0.25, -0.2) is 4.98 Å². The number of hydrogen-bond donors (Lipinski definition) is 1. The van der Waals surface area contributed by atoms with Gasteiger partial charge in [0, 0.05) is 17.9 Å². The molecule has 0 radical (unpaired) electrons. The van der Waals surface area contributed by atoms with E-state index in [0.717, 1.165) is 18.5 Å². The number of nitrogens with zero attached hydrogens (tertiary/aromatic N) is 2. The highest BCUT2D eigenvalue weighted by Gasteiger charge is 2.25. The topological polar surface area (TPSA) is 63.5 Å². The van der Waals surface area contributed by atoms with Gasteiger partial charge in [0.25, 0.3) is 11.5 Å². The van der Waals surface area contributed by atoms with Gasteiger partial charge in [0.2, 0.25) is 0 Å². The largest absolute Gasteiger partial charge is 0.349 e. The summed E-state index contributed by atoms with van der Waals surface area (Å²) in [6.07, 6.45) is 3.34. The lowest BCUT2D eigenvalue weighted by atomic mass is 10.3. The first-order valence-electron chi connectivity index (χ1n) is 5.95. The van der Waals surface area contributed by atoms with Crippen LogP contribution in [0, 0.1) is 6.92 Å². The van der Waals surface area contributed by atoms with Gasteiger partial charge in [-0.1, -0.05) is 6.07 Å². The molecule has 1 amide bonds. The number of nitrogens with one attached hydrogen (secondary N) is 1. The molecule has 0 unspecified atom stereocenters. The Kier molecular flexibility index (Phi) is 2.40. The first-order chi connectivity index (χ1) is 8.66. The molecule has 0 saturated heterocycles. The highest BCUT2D eigenvalue weighted by Crippen LogP contribution is 2.18. The van der Waals surface area contributed by atoms with E-state index in [0.29, 0.717) is 5.65 Å². The second-order valence-corrected chi connectivity index (χ2v) is 4.59. The molecular weight excluding hydrogens is 230 g/mol. The Morgan fingerprint density at radius 2 is 2.22 bits per heavy atom. The van der Waals surface area contributed by atoms with Crippen LogP contribution in [0.5, 0.6) is 0 Å². The minimum atomic E-state index is -0.326. The Morgan fingerprint density at radius 3 is 2.94 bits per heavy atom. The lowest BCUT2D eigenvalue weighted by Gasteiger charge is -2.06. The number of aromatic nitrogens is 2. The van der Waals surface area contributed by atoms with Crippen LogP contribution in [0.4, 0.5) is 0 Å². The van der Waals surface area contributed by atoms with Crippen molar-refractivity contribution in [3.05, 3.63) is 46.0 Å². The highest BCUT2D eigenvalue weighted by atomic mass is 16.2. The third-order valence-corrected chi connectivity index (χ3v) is 3.08. The zero-order valence-electron chi connectivity index (χ0n) is 10.0. The molecule has 1 saturated carbocycles. The van der Waals surface area contributed by atoms with E-state index in [-0.39, 0.29) is 23.1 Å². The monoisotopic (exact) mass is 243 g/mol. The van der Waals surface area contributed by atoms with Gasteiger partial charge < -0.3 is 5.32 Å². The fourth-order valence-electron chi connectivity index (χ4n) is 1.92. The van der Waals surface area contributed by atoms with Crippen molar-refractivity contribution in [2.24, 2.45) is 0 Å². The maximum absolute atomic E-state index is 12.3. The fraction of sp³-hybridized carbons (Fsp3) is 0.308. The van der Waals surface area contributed by atoms with Crippen molar-refractivity contribution >= 4 is 11.6 Å². The second-order valence-electron chi connectivity index (χ2n) is 4.59. The smallest absolute Gasteiger partial charge is 0.270 e. The molecule has 1 N–H and O–H groups in total. The van der Waals surface area contributed by atoms with Gasteiger partial charge in [-0.2, -0.15) is 0 Å². The predicted octanol–water partition coefficient (Wildman–Crippen LogP) is 0.895. The molecule has 0 aromatic carbocycles. The SMILES string of the molecule is Cc1cccc2ncc(C(=O)NC3CC3)c(=O)n12. The Hall–Kier alpha value is -2.17. The van der Waals surface area contributed by atoms with Crippen molar-refractivity contribution in [2.45, 2.75) is 25.8 Å². The average Bonchev–Trinajstić information content (AvgIpc) is 3.13. The molecule has 3 rings (SSSR count). The Balaban J connectivity index is 2.13. The van der Waals surface area contributed by atoms with Crippen LogP contribution in [-0.4, -0.2) is 21.3 Å². The molecule has 1 aliphatic carbocycles. The van der Waals surface area contributed by atoms with Crippen molar-refractivity contribution in [3.8, 4) is 0 Å². The molecule has 0 spiro atoms. The molecule has 5 nitrogen and oxygen atoms in total. The summed E-state index contributed by atoms with van der Waals surface area (Å²) in [5.74, 6) is -0.326. The first kappa shape index (κ1) is 11.0. The predicted molar refractivity (Wildman–Crippen MR) is 66.7 cm³/mol. The van der Waals surface area contributed by atoms with Gasteiger partial charge in [0.15, 0.2) is 0 Å². The molecule has 5 heteroatoms. The van der Waals surface area contributed by atoms with Crippen LogP contribution >= 0.6 is 0 Å². The summed E-state index contributed by atoms with van der Waals surface area (Å²) in [5, 5.41) is 2.80. The number of pyridine rings is 1. The summed E-state index contributed by atoms with van der Waals surface area (Å²) in [7, 11) is 0. The van der Waals surface area contributed by atoms with Gasteiger partial charge in [0.1, 0.15) is 11.2 Å². The van der Waals surface area contributed by atoms with Crippen LogP contribution in [0.15, 0.2) is 29.2 Å². The summed E-state index contributed by atoms with van der Waals surface area (Å²) in [6.45, 7) is 1.82. The van der Waals surface area contributed by atoms with Gasteiger partial charge in [0.05, 0.1) is 0 Å². The van der Waals surface area contributed by atoms with Gasteiger partial charge in [-0.3, -0.25) is 14.0 Å². The average molecular weight is 243 g/mol. The molecule has 2 heterocycles. The number of amides is 1. The van der Waals surface area contributed by atoms with Gasteiger partial charge >= 0.3 is 0 Å². The molecule has 18 heavy (non-hydrogen) atoms. The first-order valence-corrected chi connectivity index (χ1v) is 5.95. The van der Waals surface area contributed by atoms with E-state index in [1.54, 1.807) is 6.07 Å². The number of carbonyl (C=O) groups is 1. The number of rotatable bonds is 2. The zero-order valence-corrected chi connectivity index (χ0v) is 10.0. The standard InChI is InChI=1S/C13H13N3O2/c1-8-3-2-4-11-14-7-10(13(18)16(8)11)12(17)15-9-5-6-9/h2-4,7,9H,5-6H2,1H3,(H,15,17). The summed E-state index contributed by atoms with van der Waals surface area (Å²) in [6, 6.07) is 5.63. The van der Waals surface area contributed by atoms with Crippen LogP contribution in [0.2, 0.25) is 0 Å². The zero-order chi connectivity index (χ0) is 12.7. The molecule has 92 valence electrons. The minimum absolute atomic E-state index is 0.105. The summed E-state index contributed by atoms with van der Waals surface area (Å²) in [4.78, 5) is 28.3. The third kappa shape index (κ3) is 1.77. The van der Waals surface area contributed by atoms with E-state index < -0.39 is 0 Å². The van der Waals surface area contributed by atoms with E-state index in [1.807, 2.05) is 19.1 Å². The van der Waals surface area contributed by atoms with Crippen LogP contribution < -0.4 is 10.9 Å². The van der Waals surface area contributed by atoms with E-state index in [2.05, 4.69) is 10.3 Å². The number of carbonyl (C=O) groups excluding carboxylic acids is 1. The summed E-state index contributed by atoms with van der Waals surface area (Å²) >= 11 is 0. The van der Waals surface area contributed by atoms with Crippen LogP contribution in [0.1, 0.15) is 28.9 Å². The van der Waals surface area contributed by atoms with Crippen molar-refractivity contribution in [1.82, 2.24) is 14.7 Å². The minimum Gasteiger partial charge on any atom is -0.349 e. The number of fused-ring (bicyclic) bond motifs is 1. The fourth-order valence-corrected chi connectivity index (χ4v) is 1.92. The number of hydrogen-bond acceptors (Lipinski definition) is 3. The Labute approximate surface area is 103 Å². The quantitative estimate of drug-likeness (QED) is 0.852. The Morgan fingerprint density at radius 1 is 1.44 bits per heavy atom. The molecule has 1 fully saturated rings. The van der Waals surface area contributed by atoms with Gasteiger partial charge in [-0.05, 0) is 31.9 Å². The molecular formula is C13H13N3O2. The Bertz CT molecular complexity index is 686. The highest BCUT2D eigenvalue weighted by molar-refractivity contribution is 5.94. The van der Waals surface area contributed by atoms with Crippen molar-refractivity contribution in [2.75, 3.05) is 0 Å². The normalized spacial score (nSPS) is 14.7. The summed E-state index contributed by atoms with van der Waals surface area (Å²) < 4.78 is 1.46. The van der Waals surface area contributed by atoms with E-state index in [4.69, 9.17) is 0 Å². The maximum Gasteiger partial charge on any atom is 0.270 e. The van der Waals surface area contributed by atoms with Gasteiger partial charge in [-0.15, -0.1) is 0 Å². The van der Waals surface area contributed by atoms with Crippen LogP contribution in [-0.2, 0) is 0 Å². The number of aryl methyl sites for hydroxylation is 1. The molecule has 2 aromatic heterocycles. The van der Waals surface area contributed by atoms with Crippen molar-refractivity contribution in [3.63, 3.8) is 0 Å². The second kappa shape index (κ2) is 3.94. The van der Waals surface area contributed by atoms with E-state index in [1.165, 1.54) is 10.6 Å². The molecule has 1 aliphatic rings. The van der Waals surface area contributed by atoms with Crippen LogP contribution in [0.25, 0.3) is 5.65 Å². The van der Waals surface area contributed by atoms with Crippen molar-refractivity contribution in [1.29, 1.82) is 0 Å². The molecule has 0 atom stereocenters. The summed E-state index contributed by atoms with van der Waals surface area (Å²) in [5.41, 5.74) is 1.12.